The number of fused-ring (bicyclic) bond motifs is 3. The first-order valence-corrected chi connectivity index (χ1v) is 11.4. The zero-order valence-corrected chi connectivity index (χ0v) is 19.3. The average Bonchev–Trinajstić information content (AvgIpc) is 3.23. The molecule has 0 radical (unpaired) electrons. The predicted molar refractivity (Wildman–Crippen MR) is 128 cm³/mol. The van der Waals surface area contributed by atoms with E-state index >= 15 is 0 Å². The Labute approximate surface area is 194 Å². The number of Topliss-reactive ketones (excluding diaryl/α,β-unsaturated/α-hetero) is 1. The lowest BCUT2D eigenvalue weighted by Crippen LogP contribution is -2.22. The van der Waals surface area contributed by atoms with Crippen molar-refractivity contribution in [3.05, 3.63) is 63.3 Å². The van der Waals surface area contributed by atoms with E-state index in [1.807, 2.05) is 30.3 Å². The molecule has 0 N–H and O–H groups in total. The van der Waals surface area contributed by atoms with Crippen molar-refractivity contribution in [2.75, 3.05) is 21.3 Å². The van der Waals surface area contributed by atoms with Crippen molar-refractivity contribution in [2.45, 2.75) is 19.3 Å². The van der Waals surface area contributed by atoms with Crippen LogP contribution in [0, 0.1) is 0 Å². The van der Waals surface area contributed by atoms with Crippen LogP contribution in [0.4, 0.5) is 0 Å². The number of hydrogen-bond acceptors (Lipinski definition) is 7. The third-order valence-corrected chi connectivity index (χ3v) is 7.01. The highest BCUT2D eigenvalue weighted by atomic mass is 32.1. The molecule has 0 saturated carbocycles. The van der Waals surface area contributed by atoms with Gasteiger partial charge in [0.25, 0.3) is 5.56 Å². The van der Waals surface area contributed by atoms with Crippen LogP contribution >= 0.6 is 11.3 Å². The van der Waals surface area contributed by atoms with Crippen molar-refractivity contribution in [1.82, 2.24) is 9.55 Å². The quantitative estimate of drug-likeness (QED) is 0.429. The van der Waals surface area contributed by atoms with Crippen LogP contribution in [0.1, 0.15) is 28.1 Å². The van der Waals surface area contributed by atoms with Crippen LogP contribution in [0.25, 0.3) is 27.3 Å². The van der Waals surface area contributed by atoms with Gasteiger partial charge in [0.2, 0.25) is 5.75 Å². The van der Waals surface area contributed by atoms with Crippen LogP contribution in [0.2, 0.25) is 0 Å². The van der Waals surface area contributed by atoms with E-state index in [0.717, 1.165) is 12.0 Å². The van der Waals surface area contributed by atoms with Gasteiger partial charge in [0.15, 0.2) is 17.3 Å². The monoisotopic (exact) mass is 462 g/mol. The van der Waals surface area contributed by atoms with E-state index in [4.69, 9.17) is 19.2 Å². The lowest BCUT2D eigenvalue weighted by atomic mass is 9.96. The molecular weight excluding hydrogens is 440 g/mol. The molecule has 0 aliphatic heterocycles. The van der Waals surface area contributed by atoms with Crippen molar-refractivity contribution in [1.29, 1.82) is 0 Å². The first-order chi connectivity index (χ1) is 16.1. The van der Waals surface area contributed by atoms with Gasteiger partial charge in [-0.3, -0.25) is 14.2 Å². The highest BCUT2D eigenvalue weighted by Crippen LogP contribution is 2.42. The van der Waals surface area contributed by atoms with Gasteiger partial charge in [-0.05, 0) is 42.7 Å². The van der Waals surface area contributed by atoms with Crippen LogP contribution in [0.3, 0.4) is 0 Å². The van der Waals surface area contributed by atoms with Gasteiger partial charge in [-0.25, -0.2) is 4.98 Å². The summed E-state index contributed by atoms with van der Waals surface area (Å²) in [5.74, 6) is 1.89. The molecule has 0 bridgehead atoms. The van der Waals surface area contributed by atoms with E-state index in [2.05, 4.69) is 0 Å². The topological polar surface area (TPSA) is 79.7 Å². The molecule has 0 saturated heterocycles. The van der Waals surface area contributed by atoms with Crippen molar-refractivity contribution < 1.29 is 19.0 Å². The summed E-state index contributed by atoms with van der Waals surface area (Å²) in [6, 6.07) is 12.9. The van der Waals surface area contributed by atoms with Crippen LogP contribution in [-0.4, -0.2) is 36.7 Å². The number of ketones is 1. The van der Waals surface area contributed by atoms with Gasteiger partial charge >= 0.3 is 0 Å². The van der Waals surface area contributed by atoms with Crippen molar-refractivity contribution in [2.24, 2.45) is 0 Å². The third-order valence-electron chi connectivity index (χ3n) is 5.85. The summed E-state index contributed by atoms with van der Waals surface area (Å²) in [5, 5.41) is 0.531. The van der Waals surface area contributed by atoms with Crippen LogP contribution < -0.4 is 19.8 Å². The number of para-hydroxylation sites is 1. The maximum atomic E-state index is 13.9. The maximum Gasteiger partial charge on any atom is 0.267 e. The highest BCUT2D eigenvalue weighted by Gasteiger charge is 2.27. The molecule has 8 heteroatoms. The molecule has 1 aliphatic rings. The standard InChI is InChI=1S/C25H22N2O5S/c1-30-18-12-14(13-19(31-2)21(18)32-3)23-26-24-20(16-10-7-11-17(28)22(16)33-24)25(29)27(23)15-8-5-4-6-9-15/h4-6,8-9,12-13H,7,10-11H2,1-3H3. The minimum Gasteiger partial charge on any atom is -0.493 e. The number of aryl methyl sites for hydroxylation is 1. The summed E-state index contributed by atoms with van der Waals surface area (Å²) in [5.41, 5.74) is 1.94. The second kappa shape index (κ2) is 8.37. The van der Waals surface area contributed by atoms with Gasteiger partial charge in [-0.15, -0.1) is 11.3 Å². The van der Waals surface area contributed by atoms with Gasteiger partial charge in [-0.2, -0.15) is 0 Å². The van der Waals surface area contributed by atoms with Crippen LogP contribution in [0.5, 0.6) is 17.2 Å². The molecule has 4 aromatic rings. The van der Waals surface area contributed by atoms with Crippen LogP contribution in [0.15, 0.2) is 47.3 Å². The largest absolute Gasteiger partial charge is 0.493 e. The third kappa shape index (κ3) is 3.38. The molecule has 2 aromatic heterocycles. The Hall–Kier alpha value is -3.65. The molecule has 0 unspecified atom stereocenters. The molecule has 5 rings (SSSR count). The molecule has 0 atom stereocenters. The molecule has 1 aliphatic carbocycles. The summed E-state index contributed by atoms with van der Waals surface area (Å²) in [7, 11) is 4.62. The Balaban J connectivity index is 1.88. The van der Waals surface area contributed by atoms with E-state index in [1.54, 1.807) is 30.9 Å². The number of rotatable bonds is 5. The number of thiophene rings is 1. The number of carbonyl (C=O) groups is 1. The first-order valence-electron chi connectivity index (χ1n) is 10.5. The average molecular weight is 463 g/mol. The van der Waals surface area contributed by atoms with Crippen molar-refractivity contribution in [3.63, 3.8) is 0 Å². The van der Waals surface area contributed by atoms with E-state index in [9.17, 15) is 9.59 Å². The highest BCUT2D eigenvalue weighted by molar-refractivity contribution is 7.20. The van der Waals surface area contributed by atoms with E-state index in [0.29, 0.717) is 62.3 Å². The van der Waals surface area contributed by atoms with Crippen molar-refractivity contribution >= 4 is 27.3 Å². The summed E-state index contributed by atoms with van der Waals surface area (Å²) in [4.78, 5) is 32.6. The summed E-state index contributed by atoms with van der Waals surface area (Å²) in [6.45, 7) is 0. The molecular formula is C25H22N2O5S. The maximum absolute atomic E-state index is 13.9. The Kier molecular flexibility index (Phi) is 5.38. The normalized spacial score (nSPS) is 13.1. The fraction of sp³-hybridized carbons (Fsp3) is 0.240. The van der Waals surface area contributed by atoms with E-state index in [1.165, 1.54) is 18.4 Å². The summed E-state index contributed by atoms with van der Waals surface area (Å²) in [6.07, 6.45) is 1.96. The molecule has 0 fully saturated rings. The minimum absolute atomic E-state index is 0.0826. The Bertz CT molecular complexity index is 1410. The fourth-order valence-corrected chi connectivity index (χ4v) is 5.51. The van der Waals surface area contributed by atoms with Gasteiger partial charge < -0.3 is 14.2 Å². The van der Waals surface area contributed by atoms with Gasteiger partial charge in [0.05, 0.1) is 37.3 Å². The number of aromatic nitrogens is 2. The second-order valence-corrected chi connectivity index (χ2v) is 8.69. The predicted octanol–water partition coefficient (Wildman–Crippen LogP) is 4.66. The number of methoxy groups -OCH3 is 3. The Morgan fingerprint density at radius 3 is 2.27 bits per heavy atom. The molecule has 0 spiro atoms. The van der Waals surface area contributed by atoms with Crippen molar-refractivity contribution in [3.8, 4) is 34.3 Å². The minimum atomic E-state index is -0.192. The molecule has 2 heterocycles. The zero-order chi connectivity index (χ0) is 23.1. The second-order valence-electron chi connectivity index (χ2n) is 7.69. The molecule has 0 amide bonds. The number of ether oxygens (including phenoxy) is 3. The lowest BCUT2D eigenvalue weighted by Gasteiger charge is -2.17. The van der Waals surface area contributed by atoms with E-state index in [-0.39, 0.29) is 11.3 Å². The molecule has 168 valence electrons. The first kappa shape index (κ1) is 21.2. The molecule has 7 nitrogen and oxygen atoms in total. The summed E-state index contributed by atoms with van der Waals surface area (Å²) < 4.78 is 18.1. The Morgan fingerprint density at radius 1 is 0.939 bits per heavy atom. The fourth-order valence-electron chi connectivity index (χ4n) is 4.33. The zero-order valence-electron chi connectivity index (χ0n) is 18.5. The lowest BCUT2D eigenvalue weighted by molar-refractivity contribution is 0.0977. The number of hydrogen-bond donors (Lipinski definition) is 0. The molecule has 33 heavy (non-hydrogen) atoms. The van der Waals surface area contributed by atoms with Gasteiger partial charge in [0, 0.05) is 12.0 Å². The number of carbonyl (C=O) groups excluding carboxylic acids is 1. The number of benzene rings is 2. The van der Waals surface area contributed by atoms with Gasteiger partial charge in [0.1, 0.15) is 10.7 Å². The smallest absolute Gasteiger partial charge is 0.267 e. The summed E-state index contributed by atoms with van der Waals surface area (Å²) >= 11 is 1.30. The SMILES string of the molecule is COc1cc(-c2nc3sc4c(c3c(=O)n2-c2ccccc2)CCCC4=O)cc(OC)c1OC. The van der Waals surface area contributed by atoms with Crippen LogP contribution in [-0.2, 0) is 6.42 Å². The van der Waals surface area contributed by atoms with Gasteiger partial charge in [-0.1, -0.05) is 18.2 Å². The molecule has 2 aromatic carbocycles. The van der Waals surface area contributed by atoms with E-state index < -0.39 is 0 Å². The number of nitrogens with zero attached hydrogens (tertiary/aromatic N) is 2. The Morgan fingerprint density at radius 2 is 1.64 bits per heavy atom.